The topological polar surface area (TPSA) is 120 Å². The molecule has 1 rings (SSSR count). The largest absolute Gasteiger partial charge is 0.463 e. The normalized spacial score (nSPS) is 31.2. The summed E-state index contributed by atoms with van der Waals surface area (Å²) in [4.78, 5) is 33.4. The number of rotatable bonds is 5. The summed E-state index contributed by atoms with van der Waals surface area (Å²) in [5.74, 6) is -1.55. The van der Waals surface area contributed by atoms with Crippen LogP contribution in [0.15, 0.2) is 0 Å². The summed E-state index contributed by atoms with van der Waals surface area (Å²) in [5, 5.41) is 12.5. The van der Waals surface area contributed by atoms with E-state index in [0.717, 1.165) is 0 Å². The zero-order chi connectivity index (χ0) is 16.9. The lowest BCUT2D eigenvalue weighted by molar-refractivity contribution is -0.264. The second kappa shape index (κ2) is 8.06. The lowest BCUT2D eigenvalue weighted by Gasteiger charge is -2.43. The van der Waals surface area contributed by atoms with Crippen LogP contribution in [0.25, 0.3) is 0 Å². The first-order valence-electron chi connectivity index (χ1n) is 6.70. The van der Waals surface area contributed by atoms with Crippen LogP contribution in [0.3, 0.4) is 0 Å². The molecular weight excluding hydrogens is 298 g/mol. The van der Waals surface area contributed by atoms with E-state index < -0.39 is 48.5 Å². The first-order chi connectivity index (χ1) is 10.3. The Hall–Kier alpha value is -1.71. The van der Waals surface area contributed by atoms with Crippen molar-refractivity contribution in [3.8, 4) is 0 Å². The second-order valence-electron chi connectivity index (χ2n) is 4.87. The molecule has 1 amide bonds. The fourth-order valence-electron chi connectivity index (χ4n) is 2.26. The Morgan fingerprint density at radius 1 is 1.14 bits per heavy atom. The molecule has 0 bridgehead atoms. The van der Waals surface area contributed by atoms with Gasteiger partial charge in [0.15, 0.2) is 12.4 Å². The van der Waals surface area contributed by atoms with Gasteiger partial charge < -0.3 is 29.4 Å². The highest BCUT2D eigenvalue weighted by molar-refractivity contribution is 5.73. The smallest absolute Gasteiger partial charge is 0.303 e. The van der Waals surface area contributed by atoms with E-state index in [1.54, 1.807) is 0 Å². The molecule has 0 aromatic heterocycles. The predicted molar refractivity (Wildman–Crippen MR) is 71.5 cm³/mol. The summed E-state index contributed by atoms with van der Waals surface area (Å²) in [6, 6.07) is -0.930. The maximum Gasteiger partial charge on any atom is 0.303 e. The molecule has 0 aromatic carbocycles. The summed E-state index contributed by atoms with van der Waals surface area (Å²) >= 11 is 0. The number of aliphatic hydroxyl groups is 1. The fraction of sp³-hybridized carbons (Fsp3) is 0.769. The molecule has 1 aliphatic heterocycles. The van der Waals surface area contributed by atoms with Gasteiger partial charge in [-0.25, -0.2) is 0 Å². The standard InChI is InChI=1S/C13H21NO8/c1-6(15)14-10-12(19-4)11(21-8(3)17)9(22-13(10)18)5-20-7(2)16/h9-13,18H,5H2,1-4H3,(H,14,15)/t9-,10-,11-,12-,13-/m1/s1. The molecule has 0 radical (unpaired) electrons. The van der Waals surface area contributed by atoms with Gasteiger partial charge in [0.05, 0.1) is 0 Å². The molecule has 9 heteroatoms. The van der Waals surface area contributed by atoms with Crippen molar-refractivity contribution in [3.63, 3.8) is 0 Å². The number of methoxy groups -OCH3 is 1. The zero-order valence-electron chi connectivity index (χ0n) is 12.9. The summed E-state index contributed by atoms with van der Waals surface area (Å²) in [6.45, 7) is 3.46. The third-order valence-electron chi connectivity index (χ3n) is 3.06. The number of aliphatic hydroxyl groups excluding tert-OH is 1. The van der Waals surface area contributed by atoms with Crippen LogP contribution >= 0.6 is 0 Å². The molecule has 1 fully saturated rings. The van der Waals surface area contributed by atoms with E-state index >= 15 is 0 Å². The van der Waals surface area contributed by atoms with Crippen molar-refractivity contribution >= 4 is 17.8 Å². The molecule has 22 heavy (non-hydrogen) atoms. The van der Waals surface area contributed by atoms with Gasteiger partial charge >= 0.3 is 11.9 Å². The van der Waals surface area contributed by atoms with Gasteiger partial charge in [0, 0.05) is 27.9 Å². The van der Waals surface area contributed by atoms with Gasteiger partial charge in [-0.3, -0.25) is 14.4 Å². The number of carbonyl (C=O) groups is 3. The fourth-order valence-corrected chi connectivity index (χ4v) is 2.26. The van der Waals surface area contributed by atoms with Crippen molar-refractivity contribution in [2.75, 3.05) is 13.7 Å². The van der Waals surface area contributed by atoms with Crippen molar-refractivity contribution in [2.24, 2.45) is 0 Å². The lowest BCUT2D eigenvalue weighted by atomic mass is 9.96. The van der Waals surface area contributed by atoms with Crippen LogP contribution in [0.2, 0.25) is 0 Å². The Labute approximate surface area is 127 Å². The molecule has 2 N–H and O–H groups in total. The van der Waals surface area contributed by atoms with Crippen molar-refractivity contribution in [1.29, 1.82) is 0 Å². The summed E-state index contributed by atoms with van der Waals surface area (Å²) < 4.78 is 20.6. The van der Waals surface area contributed by atoms with Gasteiger partial charge in [-0.2, -0.15) is 0 Å². The summed E-state index contributed by atoms with van der Waals surface area (Å²) in [7, 11) is 1.34. The molecule has 126 valence electrons. The van der Waals surface area contributed by atoms with E-state index in [4.69, 9.17) is 18.9 Å². The van der Waals surface area contributed by atoms with Gasteiger partial charge in [0.2, 0.25) is 5.91 Å². The number of hydrogen-bond donors (Lipinski definition) is 2. The molecule has 9 nitrogen and oxygen atoms in total. The minimum absolute atomic E-state index is 0.225. The first-order valence-corrected chi connectivity index (χ1v) is 6.70. The van der Waals surface area contributed by atoms with E-state index in [-0.39, 0.29) is 6.61 Å². The molecule has 0 aromatic rings. The molecule has 0 unspecified atom stereocenters. The van der Waals surface area contributed by atoms with Crippen LogP contribution in [0.1, 0.15) is 20.8 Å². The molecule has 0 spiro atoms. The van der Waals surface area contributed by atoms with Crippen LogP contribution < -0.4 is 5.32 Å². The lowest BCUT2D eigenvalue weighted by Crippen LogP contribution is -2.65. The zero-order valence-corrected chi connectivity index (χ0v) is 12.9. The molecule has 5 atom stereocenters. The second-order valence-corrected chi connectivity index (χ2v) is 4.87. The predicted octanol–water partition coefficient (Wildman–Crippen LogP) is -1.28. The highest BCUT2D eigenvalue weighted by Gasteiger charge is 2.48. The van der Waals surface area contributed by atoms with Crippen LogP contribution in [-0.2, 0) is 33.3 Å². The highest BCUT2D eigenvalue weighted by atomic mass is 16.7. The Morgan fingerprint density at radius 3 is 2.23 bits per heavy atom. The first kappa shape index (κ1) is 18.3. The van der Waals surface area contributed by atoms with Crippen molar-refractivity contribution < 1.29 is 38.4 Å². The molecule has 0 aliphatic carbocycles. The number of ether oxygens (including phenoxy) is 4. The van der Waals surface area contributed by atoms with E-state index in [0.29, 0.717) is 0 Å². The maximum absolute atomic E-state index is 11.3. The molecule has 1 aliphatic rings. The van der Waals surface area contributed by atoms with Crippen LogP contribution in [-0.4, -0.2) is 67.3 Å². The van der Waals surface area contributed by atoms with Gasteiger partial charge in [-0.05, 0) is 0 Å². The molecule has 1 saturated heterocycles. The third-order valence-corrected chi connectivity index (χ3v) is 3.06. The Balaban J connectivity index is 2.96. The van der Waals surface area contributed by atoms with E-state index in [1.165, 1.54) is 27.9 Å². The van der Waals surface area contributed by atoms with Gasteiger partial charge in [0.1, 0.15) is 24.9 Å². The third kappa shape index (κ3) is 4.93. The Kier molecular flexibility index (Phi) is 6.72. The SMILES string of the molecule is CO[C@@H]1[C@@H](NC(C)=O)[C@H](O)O[C@H](COC(C)=O)[C@H]1OC(C)=O. The molecular formula is C13H21NO8. The Bertz CT molecular complexity index is 426. The highest BCUT2D eigenvalue weighted by Crippen LogP contribution is 2.25. The number of carbonyl (C=O) groups excluding carboxylic acids is 3. The number of esters is 2. The van der Waals surface area contributed by atoms with E-state index in [9.17, 15) is 19.5 Å². The minimum atomic E-state index is -1.40. The summed E-state index contributed by atoms with van der Waals surface area (Å²) in [6.07, 6.45) is -4.14. The van der Waals surface area contributed by atoms with Gasteiger partial charge in [-0.15, -0.1) is 0 Å². The summed E-state index contributed by atoms with van der Waals surface area (Å²) in [5.41, 5.74) is 0. The molecule has 0 saturated carbocycles. The number of amides is 1. The average molecular weight is 319 g/mol. The van der Waals surface area contributed by atoms with Crippen molar-refractivity contribution in [3.05, 3.63) is 0 Å². The average Bonchev–Trinajstić information content (AvgIpc) is 2.39. The van der Waals surface area contributed by atoms with Crippen molar-refractivity contribution in [1.82, 2.24) is 5.32 Å². The Morgan fingerprint density at radius 2 is 1.77 bits per heavy atom. The monoisotopic (exact) mass is 319 g/mol. The van der Waals surface area contributed by atoms with Crippen molar-refractivity contribution in [2.45, 2.75) is 51.4 Å². The quantitative estimate of drug-likeness (QED) is 0.601. The number of hydrogen-bond acceptors (Lipinski definition) is 8. The maximum atomic E-state index is 11.3. The molecule has 1 heterocycles. The van der Waals surface area contributed by atoms with Crippen LogP contribution in [0, 0.1) is 0 Å². The number of nitrogens with one attached hydrogen (secondary N) is 1. The van der Waals surface area contributed by atoms with E-state index in [1.807, 2.05) is 0 Å². The minimum Gasteiger partial charge on any atom is -0.463 e. The van der Waals surface area contributed by atoms with Crippen LogP contribution in [0.5, 0.6) is 0 Å². The van der Waals surface area contributed by atoms with Gasteiger partial charge in [-0.1, -0.05) is 0 Å². The van der Waals surface area contributed by atoms with Crippen LogP contribution in [0.4, 0.5) is 0 Å². The van der Waals surface area contributed by atoms with E-state index in [2.05, 4.69) is 5.32 Å². The van der Waals surface area contributed by atoms with Gasteiger partial charge in [0.25, 0.3) is 0 Å².